The molecule has 1 atom stereocenters. The Morgan fingerprint density at radius 3 is 2.83 bits per heavy atom. The fraction of sp³-hybridized carbons (Fsp3) is 0.533. The van der Waals surface area contributed by atoms with Crippen LogP contribution < -0.4 is 5.56 Å². The van der Waals surface area contributed by atoms with Crippen LogP contribution in [0.5, 0.6) is 0 Å². The summed E-state index contributed by atoms with van der Waals surface area (Å²) < 4.78 is 31.9. The Morgan fingerprint density at radius 1 is 1.24 bits per heavy atom. The van der Waals surface area contributed by atoms with E-state index in [0.29, 0.717) is 66.2 Å². The smallest absolute Gasteiger partial charge is 0.430 e. The maximum atomic E-state index is 13.7. The van der Waals surface area contributed by atoms with Gasteiger partial charge in [0.1, 0.15) is 24.4 Å². The monoisotopic (exact) mass is 569 g/mol. The SMILES string of the molecule is CC/C=C/COC(=O)OC[N+]1(CCc2c(C)nc3n(c2=O)CCCC3O)CCC(c2noc3cc(F)ccc23)CC1. The van der Waals surface area contributed by atoms with E-state index in [0.717, 1.165) is 36.8 Å². The Balaban J connectivity index is 1.33. The number of benzene rings is 1. The van der Waals surface area contributed by atoms with Gasteiger partial charge in [-0.05, 0) is 38.3 Å². The van der Waals surface area contributed by atoms with Gasteiger partial charge in [-0.1, -0.05) is 24.2 Å². The summed E-state index contributed by atoms with van der Waals surface area (Å²) in [6.45, 7) is 6.56. The van der Waals surface area contributed by atoms with E-state index < -0.39 is 12.3 Å². The van der Waals surface area contributed by atoms with Crippen LogP contribution in [0.25, 0.3) is 11.0 Å². The molecule has 2 aliphatic heterocycles. The van der Waals surface area contributed by atoms with Crippen LogP contribution in [-0.4, -0.2) is 63.4 Å². The first-order valence-corrected chi connectivity index (χ1v) is 14.4. The molecule has 11 heteroatoms. The van der Waals surface area contributed by atoms with Gasteiger partial charge >= 0.3 is 6.16 Å². The summed E-state index contributed by atoms with van der Waals surface area (Å²) in [5, 5.41) is 15.4. The number of aromatic nitrogens is 3. The molecule has 0 radical (unpaired) electrons. The van der Waals surface area contributed by atoms with Crippen LogP contribution in [0.2, 0.25) is 0 Å². The van der Waals surface area contributed by atoms with Crippen molar-refractivity contribution in [3.8, 4) is 0 Å². The van der Waals surface area contributed by atoms with Gasteiger partial charge in [-0.25, -0.2) is 14.2 Å². The number of carbonyl (C=O) groups is 1. The molecule has 1 aromatic carbocycles. The molecule has 10 nitrogen and oxygen atoms in total. The second-order valence-corrected chi connectivity index (χ2v) is 11.1. The summed E-state index contributed by atoms with van der Waals surface area (Å²) in [7, 11) is 0. The van der Waals surface area contributed by atoms with Crippen LogP contribution in [0.1, 0.15) is 73.8 Å². The predicted octanol–water partition coefficient (Wildman–Crippen LogP) is 4.67. The van der Waals surface area contributed by atoms with Gasteiger partial charge in [0.25, 0.3) is 5.56 Å². The molecule has 0 saturated carbocycles. The van der Waals surface area contributed by atoms with Gasteiger partial charge < -0.3 is 19.1 Å². The zero-order chi connectivity index (χ0) is 29.0. The number of aliphatic hydroxyl groups is 1. The second-order valence-electron chi connectivity index (χ2n) is 11.1. The van der Waals surface area contributed by atoms with Gasteiger partial charge in [0.15, 0.2) is 5.58 Å². The number of piperidine rings is 1. The van der Waals surface area contributed by atoms with Crippen LogP contribution in [-0.2, 0) is 22.4 Å². The van der Waals surface area contributed by atoms with E-state index in [9.17, 15) is 19.1 Å². The molecule has 3 aromatic rings. The van der Waals surface area contributed by atoms with E-state index in [4.69, 9.17) is 14.0 Å². The molecular formula is C30H38FN4O6+. The number of aliphatic hydroxyl groups excluding tert-OH is 1. The first kappa shape index (κ1) is 28.9. The lowest BCUT2D eigenvalue weighted by Gasteiger charge is -2.42. The highest BCUT2D eigenvalue weighted by molar-refractivity contribution is 5.79. The number of fused-ring (bicyclic) bond motifs is 2. The first-order valence-electron chi connectivity index (χ1n) is 14.4. The summed E-state index contributed by atoms with van der Waals surface area (Å²) in [6, 6.07) is 4.46. The average molecular weight is 570 g/mol. The minimum atomic E-state index is -0.726. The van der Waals surface area contributed by atoms with Gasteiger partial charge in [-0.3, -0.25) is 13.8 Å². The molecule has 2 aromatic heterocycles. The van der Waals surface area contributed by atoms with Gasteiger partial charge in [0, 0.05) is 54.4 Å². The van der Waals surface area contributed by atoms with Crippen molar-refractivity contribution < 1.29 is 32.8 Å². The van der Waals surface area contributed by atoms with Crippen LogP contribution in [0.3, 0.4) is 0 Å². The Kier molecular flexibility index (Phi) is 8.84. The van der Waals surface area contributed by atoms with Crippen molar-refractivity contribution in [1.82, 2.24) is 14.7 Å². The molecule has 0 spiro atoms. The molecule has 1 unspecified atom stereocenters. The van der Waals surface area contributed by atoms with Crippen LogP contribution in [0.4, 0.5) is 9.18 Å². The number of rotatable bonds is 9. The van der Waals surface area contributed by atoms with E-state index in [1.165, 1.54) is 12.1 Å². The Hall–Kier alpha value is -3.57. The van der Waals surface area contributed by atoms with E-state index in [1.54, 1.807) is 16.7 Å². The third-order valence-corrected chi connectivity index (χ3v) is 8.40. The van der Waals surface area contributed by atoms with Crippen molar-refractivity contribution in [3.63, 3.8) is 0 Å². The Labute approximate surface area is 237 Å². The second kappa shape index (κ2) is 12.5. The number of quaternary nitrogens is 1. The molecule has 1 saturated heterocycles. The number of likely N-dealkylation sites (tertiary alicyclic amines) is 1. The highest BCUT2D eigenvalue weighted by Gasteiger charge is 2.38. The summed E-state index contributed by atoms with van der Waals surface area (Å²) >= 11 is 0. The molecule has 4 heterocycles. The van der Waals surface area contributed by atoms with Gasteiger partial charge in [0.2, 0.25) is 6.73 Å². The number of hydrogen-bond donors (Lipinski definition) is 1. The van der Waals surface area contributed by atoms with Gasteiger partial charge in [-0.2, -0.15) is 0 Å². The molecule has 220 valence electrons. The number of allylic oxidation sites excluding steroid dienone is 1. The topological polar surface area (TPSA) is 117 Å². The lowest BCUT2D eigenvalue weighted by molar-refractivity contribution is -0.948. The highest BCUT2D eigenvalue weighted by atomic mass is 19.1. The first-order chi connectivity index (χ1) is 19.8. The third-order valence-electron chi connectivity index (χ3n) is 8.40. The lowest BCUT2D eigenvalue weighted by atomic mass is 9.90. The quantitative estimate of drug-likeness (QED) is 0.225. The van der Waals surface area contributed by atoms with Crippen LogP contribution in [0.15, 0.2) is 39.7 Å². The maximum absolute atomic E-state index is 13.7. The summed E-state index contributed by atoms with van der Waals surface area (Å²) in [6.07, 6.45) is 6.39. The normalized spacial score (nSPS) is 22.6. The van der Waals surface area contributed by atoms with Gasteiger partial charge in [0.05, 0.1) is 25.3 Å². The summed E-state index contributed by atoms with van der Waals surface area (Å²) in [5.41, 5.74) is 2.38. The van der Waals surface area contributed by atoms with Crippen molar-refractivity contribution >= 4 is 17.1 Å². The molecule has 0 aliphatic carbocycles. The minimum absolute atomic E-state index is 0.108. The highest BCUT2D eigenvalue weighted by Crippen LogP contribution is 2.35. The van der Waals surface area contributed by atoms with Crippen molar-refractivity contribution in [2.24, 2.45) is 0 Å². The Bertz CT molecular complexity index is 1470. The molecule has 41 heavy (non-hydrogen) atoms. The van der Waals surface area contributed by atoms with Crippen molar-refractivity contribution in [1.29, 1.82) is 0 Å². The zero-order valence-electron chi connectivity index (χ0n) is 23.7. The van der Waals surface area contributed by atoms with E-state index >= 15 is 0 Å². The number of hydrogen-bond acceptors (Lipinski definition) is 8. The molecule has 1 N–H and O–H groups in total. The molecule has 2 aliphatic rings. The van der Waals surface area contributed by atoms with Crippen LogP contribution in [0, 0.1) is 12.7 Å². The number of nitrogens with zero attached hydrogens (tertiary/aromatic N) is 4. The van der Waals surface area contributed by atoms with Crippen LogP contribution >= 0.6 is 0 Å². The average Bonchev–Trinajstić information content (AvgIpc) is 3.38. The molecular weight excluding hydrogens is 531 g/mol. The van der Waals surface area contributed by atoms with E-state index in [2.05, 4.69) is 10.1 Å². The fourth-order valence-corrected chi connectivity index (χ4v) is 6.01. The van der Waals surface area contributed by atoms with Gasteiger partial charge in [-0.15, -0.1) is 0 Å². The largest absolute Gasteiger partial charge is 0.512 e. The van der Waals surface area contributed by atoms with E-state index in [1.807, 2.05) is 19.9 Å². The van der Waals surface area contributed by atoms with Crippen molar-refractivity contribution in [3.05, 3.63) is 69.3 Å². The zero-order valence-corrected chi connectivity index (χ0v) is 23.7. The standard InChI is InChI=1S/C30H38FN4O6/c1-3-4-5-17-39-30(38)40-19-35(16-12-23-20(2)32-28-25(36)7-6-13-34(28)29(23)37)14-10-21(11-15-35)27-24-9-8-22(31)18-26(24)41-33-27/h4-5,8-9,18,21,25,36H,3,6-7,10-17,19H2,1-2H3/q+1/b5-4+. The molecule has 5 rings (SSSR count). The summed E-state index contributed by atoms with van der Waals surface area (Å²) in [5.74, 6) is 0.180. The lowest BCUT2D eigenvalue weighted by Crippen LogP contribution is -2.55. The molecule has 1 fully saturated rings. The molecule has 0 amide bonds. The Morgan fingerprint density at radius 2 is 2.05 bits per heavy atom. The third kappa shape index (κ3) is 6.36. The number of carbonyl (C=O) groups excluding carboxylic acids is 1. The van der Waals surface area contributed by atoms with Crippen molar-refractivity contribution in [2.45, 2.75) is 70.9 Å². The van der Waals surface area contributed by atoms with E-state index in [-0.39, 0.29) is 30.6 Å². The van der Waals surface area contributed by atoms with Crippen molar-refractivity contribution in [2.75, 3.05) is 33.0 Å². The maximum Gasteiger partial charge on any atom is 0.512 e. The molecule has 0 bridgehead atoms. The number of halogens is 1. The fourth-order valence-electron chi connectivity index (χ4n) is 6.01. The number of aryl methyl sites for hydroxylation is 1. The predicted molar refractivity (Wildman–Crippen MR) is 149 cm³/mol. The minimum Gasteiger partial charge on any atom is -0.430 e. The number of ether oxygens (including phenoxy) is 2. The summed E-state index contributed by atoms with van der Waals surface area (Å²) in [4.78, 5) is 30.4.